The van der Waals surface area contributed by atoms with Crippen LogP contribution in [0.3, 0.4) is 0 Å². The van der Waals surface area contributed by atoms with Crippen molar-refractivity contribution >= 4 is 13.7 Å². The quantitative estimate of drug-likeness (QED) is 0.0273. The molecule has 0 heterocycles. The summed E-state index contributed by atoms with van der Waals surface area (Å²) in [5, 5.41) is 13.7. The fraction of sp³-hybridized carbons (Fsp3) is 0.769. The molecule has 0 aliphatic carbocycles. The lowest BCUT2D eigenvalue weighted by Crippen LogP contribution is -2.45. The molecule has 280 valence electrons. The summed E-state index contributed by atoms with van der Waals surface area (Å²) in [6.45, 7) is 4.64. The van der Waals surface area contributed by atoms with Crippen LogP contribution in [0.25, 0.3) is 0 Å². The Bertz CT molecular complexity index is 928. The van der Waals surface area contributed by atoms with Crippen molar-refractivity contribution in [1.29, 1.82) is 0 Å². The summed E-state index contributed by atoms with van der Waals surface area (Å²) in [7, 11) is 1.55. The average molecular weight is 698 g/mol. The van der Waals surface area contributed by atoms with Gasteiger partial charge in [-0.15, -0.1) is 0 Å². The number of rotatable bonds is 33. The van der Waals surface area contributed by atoms with Crippen molar-refractivity contribution in [2.75, 3.05) is 40.9 Å². The Morgan fingerprint density at radius 3 is 1.83 bits per heavy atom. The van der Waals surface area contributed by atoms with Gasteiger partial charge in [0.15, 0.2) is 0 Å². The number of aliphatic hydroxyl groups is 1. The third kappa shape index (κ3) is 33.0. The molecule has 0 aliphatic heterocycles. The topological polar surface area (TPSA) is 105 Å². The van der Waals surface area contributed by atoms with Crippen molar-refractivity contribution < 1.29 is 32.9 Å². The van der Waals surface area contributed by atoms with Crippen LogP contribution in [0.15, 0.2) is 48.6 Å². The summed E-state index contributed by atoms with van der Waals surface area (Å²) >= 11 is 0. The zero-order valence-corrected chi connectivity index (χ0v) is 32.4. The summed E-state index contributed by atoms with van der Waals surface area (Å²) in [5.74, 6) is -0.199. The molecule has 0 saturated heterocycles. The van der Waals surface area contributed by atoms with Gasteiger partial charge in [0.1, 0.15) is 13.2 Å². The standard InChI is InChI=1S/C39H73N2O6P/c1-6-8-10-12-14-16-18-19-20-21-23-25-27-29-31-33-39(43)40-37(36-47-48(44,45)46-35-34-41(3,4)5)38(42)32-30-28-26-24-22-17-15-13-11-9-7-2/h8,10,14,16,19-20,30,32,37-38,42H,6-7,9,11-13,15,17-18,21-29,31,33-36H2,1-5H3,(H-,40,43,44,45)/p+1/b10-8-,16-14-,20-19-,32-30+. The van der Waals surface area contributed by atoms with Crippen LogP contribution in [0.4, 0.5) is 0 Å². The number of amides is 1. The molecule has 0 spiro atoms. The molecule has 3 atom stereocenters. The van der Waals surface area contributed by atoms with Gasteiger partial charge in [0.25, 0.3) is 0 Å². The number of hydrogen-bond donors (Lipinski definition) is 3. The highest BCUT2D eigenvalue weighted by atomic mass is 31.2. The number of unbranched alkanes of at least 4 members (excludes halogenated alkanes) is 14. The number of nitrogens with zero attached hydrogens (tertiary/aromatic N) is 1. The van der Waals surface area contributed by atoms with E-state index in [-0.39, 0.29) is 19.1 Å². The van der Waals surface area contributed by atoms with Gasteiger partial charge in [-0.05, 0) is 51.4 Å². The number of quaternary nitrogens is 1. The van der Waals surface area contributed by atoms with Crippen LogP contribution in [0, 0.1) is 0 Å². The van der Waals surface area contributed by atoms with Crippen molar-refractivity contribution in [1.82, 2.24) is 5.32 Å². The number of phosphoric ester groups is 1. The van der Waals surface area contributed by atoms with E-state index in [0.717, 1.165) is 77.0 Å². The fourth-order valence-electron chi connectivity index (χ4n) is 4.99. The van der Waals surface area contributed by atoms with Gasteiger partial charge < -0.3 is 19.8 Å². The summed E-state index contributed by atoms with van der Waals surface area (Å²) in [6, 6.07) is -0.853. The molecule has 0 fully saturated rings. The van der Waals surface area contributed by atoms with Crippen molar-refractivity contribution in [2.24, 2.45) is 0 Å². The monoisotopic (exact) mass is 698 g/mol. The van der Waals surface area contributed by atoms with Gasteiger partial charge in [0.2, 0.25) is 5.91 Å². The minimum absolute atomic E-state index is 0.0559. The summed E-state index contributed by atoms with van der Waals surface area (Å²) in [6.07, 6.45) is 37.4. The second kappa shape index (κ2) is 31.4. The van der Waals surface area contributed by atoms with Crippen LogP contribution < -0.4 is 5.32 Å². The first-order chi connectivity index (χ1) is 23.0. The van der Waals surface area contributed by atoms with E-state index in [0.29, 0.717) is 17.4 Å². The maximum absolute atomic E-state index is 12.8. The van der Waals surface area contributed by atoms with Gasteiger partial charge in [0.05, 0.1) is 39.9 Å². The van der Waals surface area contributed by atoms with Crippen LogP contribution in [-0.2, 0) is 18.4 Å². The predicted molar refractivity (Wildman–Crippen MR) is 203 cm³/mol. The van der Waals surface area contributed by atoms with E-state index < -0.39 is 20.0 Å². The number of carbonyl (C=O) groups excluding carboxylic acids is 1. The zero-order chi connectivity index (χ0) is 35.8. The number of nitrogens with one attached hydrogen (secondary N) is 1. The van der Waals surface area contributed by atoms with Gasteiger partial charge in [-0.2, -0.15) is 0 Å². The molecular formula is C39H74N2O6P+. The highest BCUT2D eigenvalue weighted by molar-refractivity contribution is 7.47. The minimum atomic E-state index is -4.33. The van der Waals surface area contributed by atoms with Crippen LogP contribution in [0.1, 0.15) is 142 Å². The van der Waals surface area contributed by atoms with E-state index in [9.17, 15) is 19.4 Å². The van der Waals surface area contributed by atoms with E-state index in [1.54, 1.807) is 6.08 Å². The highest BCUT2D eigenvalue weighted by Gasteiger charge is 2.27. The summed E-state index contributed by atoms with van der Waals surface area (Å²) in [5.41, 5.74) is 0. The van der Waals surface area contributed by atoms with Crippen LogP contribution >= 0.6 is 7.82 Å². The summed E-state index contributed by atoms with van der Waals surface area (Å²) in [4.78, 5) is 23.0. The largest absolute Gasteiger partial charge is 0.472 e. The SMILES string of the molecule is CC/C=C\C/C=C\C/C=C\CCCCCCCC(=O)NC(COP(=O)(O)OCC[N+](C)(C)C)C(O)/C=C/CCCCCCCCCCC. The number of allylic oxidation sites excluding steroid dienone is 7. The molecule has 3 N–H and O–H groups in total. The first-order valence-electron chi connectivity index (χ1n) is 19.0. The first-order valence-corrected chi connectivity index (χ1v) is 20.5. The second-order valence-corrected chi connectivity index (χ2v) is 15.4. The van der Waals surface area contributed by atoms with Gasteiger partial charge in [0, 0.05) is 6.42 Å². The number of aliphatic hydroxyl groups excluding tert-OH is 1. The van der Waals surface area contributed by atoms with Gasteiger partial charge in [-0.25, -0.2) is 4.57 Å². The van der Waals surface area contributed by atoms with Gasteiger partial charge in [-0.1, -0.05) is 133 Å². The lowest BCUT2D eigenvalue weighted by Gasteiger charge is -2.25. The van der Waals surface area contributed by atoms with Crippen molar-refractivity contribution in [3.05, 3.63) is 48.6 Å². The first kappa shape index (κ1) is 46.5. The molecule has 0 bridgehead atoms. The molecule has 1 amide bonds. The molecule has 0 rings (SSSR count). The van der Waals surface area contributed by atoms with E-state index in [4.69, 9.17) is 9.05 Å². The van der Waals surface area contributed by atoms with E-state index in [1.165, 1.54) is 44.9 Å². The lowest BCUT2D eigenvalue weighted by molar-refractivity contribution is -0.870. The minimum Gasteiger partial charge on any atom is -0.387 e. The van der Waals surface area contributed by atoms with Crippen molar-refractivity contribution in [3.63, 3.8) is 0 Å². The molecule has 0 saturated carbocycles. The number of phosphoric acid groups is 1. The van der Waals surface area contributed by atoms with Crippen molar-refractivity contribution in [2.45, 2.75) is 154 Å². The number of hydrogen-bond acceptors (Lipinski definition) is 5. The zero-order valence-electron chi connectivity index (χ0n) is 31.5. The molecule has 0 aromatic heterocycles. The Hall–Kier alpha value is -1.54. The fourth-order valence-corrected chi connectivity index (χ4v) is 5.73. The molecule has 48 heavy (non-hydrogen) atoms. The third-order valence-electron chi connectivity index (χ3n) is 8.05. The molecule has 9 heteroatoms. The average Bonchev–Trinajstić information content (AvgIpc) is 3.02. The third-order valence-corrected chi connectivity index (χ3v) is 9.04. The van der Waals surface area contributed by atoms with E-state index in [1.807, 2.05) is 27.2 Å². The molecule has 8 nitrogen and oxygen atoms in total. The lowest BCUT2D eigenvalue weighted by atomic mass is 10.1. The number of carbonyl (C=O) groups is 1. The maximum Gasteiger partial charge on any atom is 0.472 e. The van der Waals surface area contributed by atoms with Crippen LogP contribution in [0.2, 0.25) is 0 Å². The maximum atomic E-state index is 12.8. The van der Waals surface area contributed by atoms with E-state index in [2.05, 4.69) is 55.6 Å². The predicted octanol–water partition coefficient (Wildman–Crippen LogP) is 9.74. The van der Waals surface area contributed by atoms with E-state index >= 15 is 0 Å². The molecule has 0 radical (unpaired) electrons. The van der Waals surface area contributed by atoms with Crippen LogP contribution in [-0.4, -0.2) is 73.4 Å². The second-order valence-electron chi connectivity index (χ2n) is 13.9. The molecule has 0 aromatic rings. The Morgan fingerprint density at radius 2 is 1.25 bits per heavy atom. The van der Waals surface area contributed by atoms with Crippen LogP contribution in [0.5, 0.6) is 0 Å². The Labute approximate surface area is 295 Å². The Morgan fingerprint density at radius 1 is 0.729 bits per heavy atom. The molecule has 0 aliphatic rings. The molecular weight excluding hydrogens is 623 g/mol. The Balaban J connectivity index is 4.57. The molecule has 3 unspecified atom stereocenters. The number of likely N-dealkylation sites (N-methyl/N-ethyl adjacent to an activating group) is 1. The smallest absolute Gasteiger partial charge is 0.387 e. The normalized spacial score (nSPS) is 15.2. The summed E-state index contributed by atoms with van der Waals surface area (Å²) < 4.78 is 23.4. The Kier molecular flexibility index (Phi) is 30.4. The highest BCUT2D eigenvalue weighted by Crippen LogP contribution is 2.43. The van der Waals surface area contributed by atoms with Crippen molar-refractivity contribution in [3.8, 4) is 0 Å². The van der Waals surface area contributed by atoms with Gasteiger partial charge >= 0.3 is 7.82 Å². The van der Waals surface area contributed by atoms with Gasteiger partial charge in [-0.3, -0.25) is 13.8 Å². The molecule has 0 aromatic carbocycles.